The number of hydrogen-bond acceptors (Lipinski definition) is 6. The van der Waals surface area contributed by atoms with Gasteiger partial charge in [0.25, 0.3) is 11.5 Å². The molecule has 32 heavy (non-hydrogen) atoms. The number of H-pyrrole nitrogens is 1. The van der Waals surface area contributed by atoms with Crippen LogP contribution in [0.3, 0.4) is 0 Å². The minimum absolute atomic E-state index is 0.0525. The van der Waals surface area contributed by atoms with Crippen LogP contribution >= 0.6 is 11.6 Å². The van der Waals surface area contributed by atoms with E-state index in [4.69, 9.17) is 22.1 Å². The highest BCUT2D eigenvalue weighted by molar-refractivity contribution is 6.30. The van der Waals surface area contributed by atoms with Gasteiger partial charge in [-0.2, -0.15) is 5.10 Å². The number of carbonyl (C=O) groups excluding carboxylic acids is 1. The number of carbonyl (C=O) groups is 1. The van der Waals surface area contributed by atoms with Crippen LogP contribution in [-0.4, -0.2) is 45.5 Å². The van der Waals surface area contributed by atoms with Gasteiger partial charge >= 0.3 is 5.69 Å². The number of nitrogens with zero attached hydrogens (tertiary/aromatic N) is 4. The molecule has 2 heterocycles. The van der Waals surface area contributed by atoms with Crippen LogP contribution < -0.4 is 21.9 Å². The van der Waals surface area contributed by atoms with E-state index >= 15 is 0 Å². The first-order chi connectivity index (χ1) is 15.4. The van der Waals surface area contributed by atoms with E-state index in [-0.39, 0.29) is 30.2 Å². The van der Waals surface area contributed by atoms with Crippen molar-refractivity contribution in [2.75, 3.05) is 30.9 Å². The van der Waals surface area contributed by atoms with Crippen molar-refractivity contribution in [3.63, 3.8) is 0 Å². The molecule has 0 fully saturated rings. The lowest BCUT2D eigenvalue weighted by Gasteiger charge is -2.23. The predicted molar refractivity (Wildman–Crippen MR) is 123 cm³/mol. The number of aromatic nitrogens is 4. The number of nitrogens with two attached hydrogens (primary N) is 1. The lowest BCUT2D eigenvalue weighted by Crippen LogP contribution is -2.42. The van der Waals surface area contributed by atoms with E-state index in [1.54, 1.807) is 24.3 Å². The molecule has 3 rings (SSSR count). The zero-order chi connectivity index (χ0) is 23.3. The molecule has 0 radical (unpaired) electrons. The molecule has 0 spiro atoms. The third-order valence-corrected chi connectivity index (χ3v) is 5.12. The van der Waals surface area contributed by atoms with Crippen molar-refractivity contribution in [1.82, 2.24) is 19.3 Å². The number of nitrogen functional groups attached to an aromatic ring is 1. The fraction of sp³-hybridized carbons (Fsp3) is 0.333. The Hall–Kier alpha value is -3.37. The third-order valence-electron chi connectivity index (χ3n) is 4.89. The van der Waals surface area contributed by atoms with Crippen molar-refractivity contribution in [2.45, 2.75) is 26.3 Å². The van der Waals surface area contributed by atoms with E-state index in [0.29, 0.717) is 23.7 Å². The first kappa shape index (κ1) is 23.3. The number of benzene rings is 1. The normalized spacial score (nSPS) is 11.0. The van der Waals surface area contributed by atoms with Gasteiger partial charge in [-0.15, -0.1) is 0 Å². The summed E-state index contributed by atoms with van der Waals surface area (Å²) < 4.78 is 7.89. The van der Waals surface area contributed by atoms with Gasteiger partial charge in [-0.3, -0.25) is 24.0 Å². The Bertz CT molecular complexity index is 1220. The van der Waals surface area contributed by atoms with Gasteiger partial charge in [0.2, 0.25) is 0 Å². The number of unbranched alkanes of at least 4 members (excludes halogenated alkanes) is 1. The van der Waals surface area contributed by atoms with Gasteiger partial charge in [0.05, 0.1) is 24.1 Å². The number of anilines is 2. The molecule has 0 atom stereocenters. The first-order valence-electron chi connectivity index (χ1n) is 10.1. The summed E-state index contributed by atoms with van der Waals surface area (Å²) in [6.45, 7) is 2.50. The second-order valence-corrected chi connectivity index (χ2v) is 7.54. The van der Waals surface area contributed by atoms with E-state index in [2.05, 4.69) is 10.1 Å². The Morgan fingerprint density at radius 2 is 2.12 bits per heavy atom. The average Bonchev–Trinajstić information content (AvgIpc) is 3.25. The Morgan fingerprint density at radius 1 is 1.34 bits per heavy atom. The van der Waals surface area contributed by atoms with Gasteiger partial charge in [0, 0.05) is 31.4 Å². The smallest absolute Gasteiger partial charge is 0.330 e. The predicted octanol–water partition coefficient (Wildman–Crippen LogP) is 2.05. The molecule has 3 aromatic rings. The first-order valence-corrected chi connectivity index (χ1v) is 10.5. The molecule has 1 amide bonds. The molecule has 0 aliphatic rings. The van der Waals surface area contributed by atoms with Crippen LogP contribution in [0.1, 0.15) is 30.1 Å². The molecule has 0 bridgehead atoms. The summed E-state index contributed by atoms with van der Waals surface area (Å²) in [6, 6.07) is 7.00. The van der Waals surface area contributed by atoms with Gasteiger partial charge in [0.1, 0.15) is 5.82 Å². The number of nitrogens with one attached hydrogen (secondary N) is 1. The maximum Gasteiger partial charge on any atom is 0.330 e. The molecular formula is C21H25ClN6O4. The third kappa shape index (κ3) is 4.92. The summed E-state index contributed by atoms with van der Waals surface area (Å²) >= 11 is 6.04. The second kappa shape index (κ2) is 10.3. The van der Waals surface area contributed by atoms with Crippen LogP contribution in [-0.2, 0) is 11.3 Å². The van der Waals surface area contributed by atoms with Crippen LogP contribution in [0.15, 0.2) is 46.2 Å². The fourth-order valence-electron chi connectivity index (χ4n) is 3.22. The molecule has 0 aliphatic carbocycles. The van der Waals surface area contributed by atoms with Crippen LogP contribution in [0.25, 0.3) is 5.69 Å². The van der Waals surface area contributed by atoms with Gasteiger partial charge in [-0.05, 0) is 24.6 Å². The molecule has 170 valence electrons. The molecule has 1 aromatic carbocycles. The number of ether oxygens (including phenoxy) is 1. The maximum atomic E-state index is 13.4. The van der Waals surface area contributed by atoms with Gasteiger partial charge in [-0.25, -0.2) is 9.48 Å². The molecule has 0 unspecified atom stereocenters. The molecule has 3 N–H and O–H groups in total. The topological polar surface area (TPSA) is 128 Å². The zero-order valence-electron chi connectivity index (χ0n) is 17.9. The number of hydrogen-bond donors (Lipinski definition) is 2. The quantitative estimate of drug-likeness (QED) is 0.503. The van der Waals surface area contributed by atoms with Gasteiger partial charge in [-0.1, -0.05) is 31.0 Å². The van der Waals surface area contributed by atoms with Crippen LogP contribution in [0.5, 0.6) is 0 Å². The molecule has 11 heteroatoms. The van der Waals surface area contributed by atoms with Gasteiger partial charge < -0.3 is 10.5 Å². The highest BCUT2D eigenvalue weighted by atomic mass is 35.5. The molecular weight excluding hydrogens is 436 g/mol. The molecule has 10 nitrogen and oxygen atoms in total. The molecule has 0 saturated carbocycles. The molecule has 0 aliphatic heterocycles. The summed E-state index contributed by atoms with van der Waals surface area (Å²) in [4.78, 5) is 41.8. The summed E-state index contributed by atoms with van der Waals surface area (Å²) in [6.07, 6.45) is 4.44. The summed E-state index contributed by atoms with van der Waals surface area (Å²) in [5, 5.41) is 4.76. The number of aromatic amines is 1. The van der Waals surface area contributed by atoms with E-state index in [9.17, 15) is 14.4 Å². The van der Waals surface area contributed by atoms with Crippen molar-refractivity contribution >= 4 is 29.0 Å². The Labute approximate surface area is 189 Å². The van der Waals surface area contributed by atoms with E-state index in [1.807, 2.05) is 6.92 Å². The van der Waals surface area contributed by atoms with Crippen molar-refractivity contribution in [3.8, 4) is 5.69 Å². The van der Waals surface area contributed by atoms with Crippen LogP contribution in [0.4, 0.5) is 11.5 Å². The standard InChI is InChI=1S/C21H25ClN6O4/c1-3-4-8-27-18(23)17(19(29)25-21(27)31)26(9-10-32-2)20(30)14-12-24-28(13-14)16-7-5-6-15(22)11-16/h5-7,11-13H,3-4,8-10,23H2,1-2H3,(H,25,29,31). The van der Waals surface area contributed by atoms with Crippen LogP contribution in [0, 0.1) is 0 Å². The second-order valence-electron chi connectivity index (χ2n) is 7.10. The monoisotopic (exact) mass is 460 g/mol. The lowest BCUT2D eigenvalue weighted by molar-refractivity contribution is 0.0975. The van der Waals surface area contributed by atoms with Crippen molar-refractivity contribution < 1.29 is 9.53 Å². The van der Waals surface area contributed by atoms with Crippen molar-refractivity contribution in [1.29, 1.82) is 0 Å². The Balaban J connectivity index is 2.03. The lowest BCUT2D eigenvalue weighted by atomic mass is 10.2. The SMILES string of the molecule is CCCCn1c(N)c(N(CCOC)C(=O)c2cnn(-c3cccc(Cl)c3)c2)c(=O)[nH]c1=O. The average molecular weight is 461 g/mol. The van der Waals surface area contributed by atoms with Crippen molar-refractivity contribution in [2.24, 2.45) is 0 Å². The van der Waals surface area contributed by atoms with Crippen molar-refractivity contribution in [3.05, 3.63) is 68.1 Å². The highest BCUT2D eigenvalue weighted by Crippen LogP contribution is 2.21. The highest BCUT2D eigenvalue weighted by Gasteiger charge is 2.26. The van der Waals surface area contributed by atoms with E-state index < -0.39 is 17.2 Å². The number of amides is 1. The largest absolute Gasteiger partial charge is 0.383 e. The molecule has 2 aromatic heterocycles. The minimum atomic E-state index is -0.744. The van der Waals surface area contributed by atoms with Crippen LogP contribution in [0.2, 0.25) is 5.02 Å². The molecule has 0 saturated heterocycles. The number of rotatable bonds is 9. The summed E-state index contributed by atoms with van der Waals surface area (Å²) in [7, 11) is 1.48. The number of methoxy groups -OCH3 is 1. The van der Waals surface area contributed by atoms with E-state index in [1.165, 1.54) is 33.7 Å². The fourth-order valence-corrected chi connectivity index (χ4v) is 3.41. The minimum Gasteiger partial charge on any atom is -0.383 e. The Kier molecular flexibility index (Phi) is 7.49. The summed E-state index contributed by atoms with van der Waals surface area (Å²) in [5.41, 5.74) is 5.64. The zero-order valence-corrected chi connectivity index (χ0v) is 18.6. The maximum absolute atomic E-state index is 13.4. The Morgan fingerprint density at radius 3 is 2.81 bits per heavy atom. The summed E-state index contributed by atoms with van der Waals surface area (Å²) in [5.74, 6) is -0.577. The van der Waals surface area contributed by atoms with E-state index in [0.717, 1.165) is 6.42 Å². The number of halogens is 1. The van der Waals surface area contributed by atoms with Gasteiger partial charge in [0.15, 0.2) is 5.69 Å².